The molecule has 0 unspecified atom stereocenters. The molecule has 15 heavy (non-hydrogen) atoms. The van der Waals surface area contributed by atoms with E-state index in [9.17, 15) is 0 Å². The normalized spacial score (nSPS) is 9.00. The number of thiol groups is 1. The monoisotopic (exact) mass is 237 g/mol. The molecule has 1 nitrogen and oxygen atoms in total. The number of pyridine rings is 1. The number of benzene rings is 1. The molecule has 2 rings (SSSR count). The van der Waals surface area contributed by atoms with Crippen LogP contribution in [-0.2, 0) is 0 Å². The second-order valence-corrected chi connectivity index (χ2v) is 3.96. The second kappa shape index (κ2) is 6.49. The lowest BCUT2D eigenvalue weighted by Crippen LogP contribution is -1.66. The molecule has 1 aromatic carbocycles. The number of nitrogens with zero attached hydrogens (tertiary/aromatic N) is 1. The first-order chi connectivity index (χ1) is 7.18. The largest absolute Gasteiger partial charge is 0.264 e. The number of hydrogen-bond donors (Lipinski definition) is 1. The summed E-state index contributed by atoms with van der Waals surface area (Å²) in [4.78, 5) is 4.71. The van der Waals surface area contributed by atoms with Gasteiger partial charge in [-0.2, -0.15) is 0 Å². The molecule has 0 amide bonds. The van der Waals surface area contributed by atoms with E-state index in [1.54, 1.807) is 12.4 Å². The quantitative estimate of drug-likeness (QED) is 0.683. The van der Waals surface area contributed by atoms with Gasteiger partial charge in [0.15, 0.2) is 0 Å². The van der Waals surface area contributed by atoms with Gasteiger partial charge in [-0.1, -0.05) is 23.7 Å². The van der Waals surface area contributed by atoms with Crippen molar-refractivity contribution in [3.63, 3.8) is 0 Å². The molecule has 78 valence electrons. The molecule has 1 aromatic heterocycles. The first-order valence-electron chi connectivity index (χ1n) is 4.49. The van der Waals surface area contributed by atoms with Crippen molar-refractivity contribution in [1.82, 2.24) is 4.98 Å². The van der Waals surface area contributed by atoms with E-state index in [-0.39, 0.29) is 0 Å². The maximum absolute atomic E-state index is 5.64. The Morgan fingerprint density at radius 1 is 1.20 bits per heavy atom. The predicted molar refractivity (Wildman–Crippen MR) is 67.7 cm³/mol. The Kier molecular flexibility index (Phi) is 5.22. The summed E-state index contributed by atoms with van der Waals surface area (Å²) in [6.07, 6.45) is 3.42. The second-order valence-electron chi connectivity index (χ2n) is 3.01. The molecule has 0 aliphatic rings. The summed E-state index contributed by atoms with van der Waals surface area (Å²) >= 11 is 9.67. The fourth-order valence-corrected chi connectivity index (χ4v) is 1.36. The molecular weight excluding hydrogens is 226 g/mol. The van der Waals surface area contributed by atoms with Crippen LogP contribution in [0.15, 0.2) is 53.7 Å². The van der Waals surface area contributed by atoms with Gasteiger partial charge in [-0.15, -0.1) is 12.6 Å². The summed E-state index contributed by atoms with van der Waals surface area (Å²) in [6, 6.07) is 11.5. The summed E-state index contributed by atoms with van der Waals surface area (Å²) in [5.74, 6) is 0. The molecule has 3 heteroatoms. The van der Waals surface area contributed by atoms with Crippen LogP contribution in [0.4, 0.5) is 0 Å². The van der Waals surface area contributed by atoms with E-state index in [0.29, 0.717) is 0 Å². The lowest BCUT2D eigenvalue weighted by Gasteiger charge is -1.88. The van der Waals surface area contributed by atoms with Crippen molar-refractivity contribution in [1.29, 1.82) is 0 Å². The third kappa shape index (κ3) is 5.45. The summed E-state index contributed by atoms with van der Waals surface area (Å²) in [7, 11) is 0. The molecule has 0 atom stereocenters. The van der Waals surface area contributed by atoms with Crippen LogP contribution in [-0.4, -0.2) is 4.98 Å². The zero-order chi connectivity index (χ0) is 11.1. The van der Waals surface area contributed by atoms with Crippen molar-refractivity contribution in [2.24, 2.45) is 0 Å². The Balaban J connectivity index is 0.000000151. The van der Waals surface area contributed by atoms with Crippen LogP contribution in [0.25, 0.3) is 0 Å². The van der Waals surface area contributed by atoms with Crippen molar-refractivity contribution in [2.45, 2.75) is 11.8 Å². The minimum Gasteiger partial charge on any atom is -0.264 e. The van der Waals surface area contributed by atoms with Crippen molar-refractivity contribution >= 4 is 24.2 Å². The fraction of sp³-hybridized carbons (Fsp3) is 0.0833. The molecule has 0 spiro atoms. The molecule has 0 fully saturated rings. The highest BCUT2D eigenvalue weighted by molar-refractivity contribution is 7.80. The Labute approximate surface area is 101 Å². The summed E-state index contributed by atoms with van der Waals surface area (Å²) in [5, 5.41) is 0.810. The highest BCUT2D eigenvalue weighted by Gasteiger charge is 1.82. The molecule has 0 saturated heterocycles. The average Bonchev–Trinajstić information content (AvgIpc) is 2.19. The van der Waals surface area contributed by atoms with Crippen LogP contribution >= 0.6 is 24.2 Å². The molecule has 0 radical (unpaired) electrons. The van der Waals surface area contributed by atoms with Crippen LogP contribution in [0.1, 0.15) is 5.56 Å². The molecule has 0 saturated carbocycles. The van der Waals surface area contributed by atoms with Gasteiger partial charge in [-0.05, 0) is 36.8 Å². The topological polar surface area (TPSA) is 12.9 Å². The van der Waals surface area contributed by atoms with Crippen LogP contribution in [0.5, 0.6) is 0 Å². The van der Waals surface area contributed by atoms with Crippen LogP contribution < -0.4 is 0 Å². The van der Waals surface area contributed by atoms with Gasteiger partial charge in [0.2, 0.25) is 0 Å². The standard InChI is InChI=1S/C7H7Cl.C5H5NS/c1-6-3-2-4-7(8)5-6;7-5-2-1-3-6-4-5/h2-5H,1H3;1-4,7H. The van der Waals surface area contributed by atoms with Gasteiger partial charge >= 0.3 is 0 Å². The third-order valence-electron chi connectivity index (χ3n) is 1.63. The Bertz CT molecular complexity index is 386. The van der Waals surface area contributed by atoms with Crippen molar-refractivity contribution < 1.29 is 0 Å². The molecule has 0 N–H and O–H groups in total. The first kappa shape index (κ1) is 12.1. The minimum atomic E-state index is 0.810. The molecule has 0 bridgehead atoms. The summed E-state index contributed by atoms with van der Waals surface area (Å²) < 4.78 is 0. The molecule has 0 aliphatic carbocycles. The van der Waals surface area contributed by atoms with Gasteiger partial charge in [0, 0.05) is 22.3 Å². The van der Waals surface area contributed by atoms with Gasteiger partial charge in [0.1, 0.15) is 0 Å². The van der Waals surface area contributed by atoms with Crippen molar-refractivity contribution in [2.75, 3.05) is 0 Å². The van der Waals surface area contributed by atoms with Gasteiger partial charge in [-0.25, -0.2) is 0 Å². The maximum atomic E-state index is 5.64. The van der Waals surface area contributed by atoms with Gasteiger partial charge in [0.25, 0.3) is 0 Å². The lowest BCUT2D eigenvalue weighted by atomic mass is 10.2. The summed E-state index contributed by atoms with van der Waals surface area (Å²) in [6.45, 7) is 2.02. The Morgan fingerprint density at radius 3 is 2.33 bits per heavy atom. The molecular formula is C12H12ClNS. The van der Waals surface area contributed by atoms with Crippen molar-refractivity contribution in [3.8, 4) is 0 Å². The number of halogens is 1. The zero-order valence-corrected chi connectivity index (χ0v) is 10.0. The van der Waals surface area contributed by atoms with Crippen LogP contribution in [0, 0.1) is 6.92 Å². The molecule has 2 aromatic rings. The number of hydrogen-bond acceptors (Lipinski definition) is 2. The number of rotatable bonds is 0. The van der Waals surface area contributed by atoms with E-state index in [1.165, 1.54) is 5.56 Å². The number of aryl methyl sites for hydroxylation is 1. The molecule has 1 heterocycles. The van der Waals surface area contributed by atoms with Crippen LogP contribution in [0.2, 0.25) is 5.02 Å². The minimum absolute atomic E-state index is 0.810. The van der Waals surface area contributed by atoms with E-state index in [2.05, 4.69) is 17.6 Å². The maximum Gasteiger partial charge on any atom is 0.0408 e. The van der Waals surface area contributed by atoms with Gasteiger partial charge in [-0.3, -0.25) is 4.98 Å². The van der Waals surface area contributed by atoms with Crippen molar-refractivity contribution in [3.05, 3.63) is 59.4 Å². The van der Waals surface area contributed by atoms with Gasteiger partial charge in [0.05, 0.1) is 0 Å². The van der Waals surface area contributed by atoms with E-state index < -0.39 is 0 Å². The zero-order valence-electron chi connectivity index (χ0n) is 8.39. The Hall–Kier alpha value is -0.990. The number of aromatic nitrogens is 1. The van der Waals surface area contributed by atoms with Gasteiger partial charge < -0.3 is 0 Å². The van der Waals surface area contributed by atoms with Crippen LogP contribution in [0.3, 0.4) is 0 Å². The smallest absolute Gasteiger partial charge is 0.0408 e. The average molecular weight is 238 g/mol. The highest BCUT2D eigenvalue weighted by Crippen LogP contribution is 2.08. The van der Waals surface area contributed by atoms with E-state index in [0.717, 1.165) is 9.92 Å². The van der Waals surface area contributed by atoms with E-state index in [4.69, 9.17) is 11.6 Å². The third-order valence-corrected chi connectivity index (χ3v) is 2.13. The summed E-state index contributed by atoms with van der Waals surface area (Å²) in [5.41, 5.74) is 1.21. The predicted octanol–water partition coefficient (Wildman–Crippen LogP) is 4.02. The first-order valence-corrected chi connectivity index (χ1v) is 5.32. The fourth-order valence-electron chi connectivity index (χ4n) is 0.959. The highest BCUT2D eigenvalue weighted by atomic mass is 35.5. The lowest BCUT2D eigenvalue weighted by molar-refractivity contribution is 1.24. The molecule has 0 aliphatic heterocycles. The SMILES string of the molecule is Cc1cccc(Cl)c1.Sc1cccnc1. The van der Waals surface area contributed by atoms with E-state index in [1.807, 2.05) is 43.3 Å². The van der Waals surface area contributed by atoms with E-state index >= 15 is 0 Å². The Morgan fingerprint density at radius 2 is 2.00 bits per heavy atom.